The summed E-state index contributed by atoms with van der Waals surface area (Å²) in [6, 6.07) is 1.22. The monoisotopic (exact) mass is 265 g/mol. The summed E-state index contributed by atoms with van der Waals surface area (Å²) in [5.74, 6) is 0.937. The Balaban J connectivity index is 2.30. The van der Waals surface area contributed by atoms with Gasteiger partial charge in [-0.2, -0.15) is 4.98 Å². The minimum Gasteiger partial charge on any atom is -0.480 e. The second kappa shape index (κ2) is 5.86. The molecule has 0 saturated carbocycles. The number of aliphatic carboxylic acids is 1. The Morgan fingerprint density at radius 3 is 3.00 bits per heavy atom. The van der Waals surface area contributed by atoms with E-state index >= 15 is 0 Å². The average Bonchev–Trinajstić information content (AvgIpc) is 2.38. The highest BCUT2D eigenvalue weighted by Gasteiger charge is 2.29. The Kier molecular flexibility index (Phi) is 4.19. The molecule has 104 valence electrons. The second-order valence-corrected chi connectivity index (χ2v) is 4.59. The van der Waals surface area contributed by atoms with Gasteiger partial charge in [-0.15, -0.1) is 0 Å². The van der Waals surface area contributed by atoms with Gasteiger partial charge < -0.3 is 14.7 Å². The molecule has 0 aliphatic carbocycles. The molecule has 1 aliphatic heterocycles. The van der Waals surface area contributed by atoms with Gasteiger partial charge in [0.25, 0.3) is 0 Å². The molecule has 1 unspecified atom stereocenters. The summed E-state index contributed by atoms with van der Waals surface area (Å²) in [6.45, 7) is 4.90. The number of aryl methyl sites for hydroxylation is 1. The van der Waals surface area contributed by atoms with Gasteiger partial charge in [-0.25, -0.2) is 9.78 Å². The number of hydrogen-bond acceptors (Lipinski definition) is 5. The Morgan fingerprint density at radius 2 is 2.32 bits per heavy atom. The van der Waals surface area contributed by atoms with Crippen LogP contribution in [-0.2, 0) is 4.79 Å². The molecule has 6 nitrogen and oxygen atoms in total. The standard InChI is InChI=1S/C13H19N3O3/c1-3-19-12-8-11(14-9(2)15-12)16-7-5-4-6-10(16)13(17)18/h8,10H,3-7H2,1-2H3,(H,17,18). The Hall–Kier alpha value is -1.85. The highest BCUT2D eigenvalue weighted by Crippen LogP contribution is 2.25. The first kappa shape index (κ1) is 13.6. The maximum atomic E-state index is 11.3. The molecule has 2 heterocycles. The van der Waals surface area contributed by atoms with Gasteiger partial charge in [0, 0.05) is 12.6 Å². The van der Waals surface area contributed by atoms with E-state index in [1.807, 2.05) is 11.8 Å². The molecule has 2 rings (SSSR count). The van der Waals surface area contributed by atoms with Gasteiger partial charge in [0.15, 0.2) is 0 Å². The molecule has 1 saturated heterocycles. The summed E-state index contributed by atoms with van der Waals surface area (Å²) in [4.78, 5) is 21.7. The number of nitrogens with zero attached hydrogens (tertiary/aromatic N) is 3. The average molecular weight is 265 g/mol. The van der Waals surface area contributed by atoms with Crippen LogP contribution in [0.4, 0.5) is 5.82 Å². The van der Waals surface area contributed by atoms with Crippen molar-refractivity contribution in [2.24, 2.45) is 0 Å². The van der Waals surface area contributed by atoms with Crippen molar-refractivity contribution in [1.29, 1.82) is 0 Å². The summed E-state index contributed by atoms with van der Waals surface area (Å²) in [7, 11) is 0. The summed E-state index contributed by atoms with van der Waals surface area (Å²) in [5, 5.41) is 9.30. The van der Waals surface area contributed by atoms with Gasteiger partial charge in [-0.1, -0.05) is 0 Å². The first-order valence-electron chi connectivity index (χ1n) is 6.59. The number of aromatic nitrogens is 2. The Bertz CT molecular complexity index is 464. The lowest BCUT2D eigenvalue weighted by Crippen LogP contribution is -2.45. The van der Waals surface area contributed by atoms with Crippen molar-refractivity contribution in [3.8, 4) is 5.88 Å². The van der Waals surface area contributed by atoms with Crippen molar-refractivity contribution in [2.75, 3.05) is 18.1 Å². The second-order valence-electron chi connectivity index (χ2n) is 4.59. The van der Waals surface area contributed by atoms with Crippen LogP contribution in [0.3, 0.4) is 0 Å². The SMILES string of the molecule is CCOc1cc(N2CCCCC2C(=O)O)nc(C)n1. The molecule has 0 spiro atoms. The quantitative estimate of drug-likeness (QED) is 0.891. The number of piperidine rings is 1. The fourth-order valence-corrected chi connectivity index (χ4v) is 2.36. The van der Waals surface area contributed by atoms with Crippen LogP contribution < -0.4 is 9.64 Å². The minimum absolute atomic E-state index is 0.500. The van der Waals surface area contributed by atoms with E-state index in [-0.39, 0.29) is 0 Å². The summed E-state index contributed by atoms with van der Waals surface area (Å²) >= 11 is 0. The minimum atomic E-state index is -0.797. The van der Waals surface area contributed by atoms with Gasteiger partial charge in [0.05, 0.1) is 6.61 Å². The largest absolute Gasteiger partial charge is 0.480 e. The molecule has 1 aromatic heterocycles. The Labute approximate surface area is 112 Å². The molecule has 6 heteroatoms. The van der Waals surface area contributed by atoms with Crippen LogP contribution in [0, 0.1) is 6.92 Å². The Morgan fingerprint density at radius 1 is 1.53 bits per heavy atom. The van der Waals surface area contributed by atoms with Crippen LogP contribution in [-0.4, -0.2) is 40.2 Å². The number of carbonyl (C=O) groups is 1. The highest BCUT2D eigenvalue weighted by molar-refractivity contribution is 5.78. The van der Waals surface area contributed by atoms with E-state index in [2.05, 4.69) is 9.97 Å². The van der Waals surface area contributed by atoms with E-state index in [1.54, 1.807) is 13.0 Å². The van der Waals surface area contributed by atoms with Crippen LogP contribution in [0.2, 0.25) is 0 Å². The van der Waals surface area contributed by atoms with Gasteiger partial charge in [0.1, 0.15) is 17.7 Å². The zero-order valence-electron chi connectivity index (χ0n) is 11.3. The van der Waals surface area contributed by atoms with Crippen LogP contribution in [0.25, 0.3) is 0 Å². The van der Waals surface area contributed by atoms with Crippen LogP contribution in [0.1, 0.15) is 32.0 Å². The fourth-order valence-electron chi connectivity index (χ4n) is 2.36. The molecule has 1 atom stereocenters. The topological polar surface area (TPSA) is 75.5 Å². The summed E-state index contributed by atoms with van der Waals surface area (Å²) < 4.78 is 5.39. The van der Waals surface area contributed by atoms with Gasteiger partial charge >= 0.3 is 5.97 Å². The van der Waals surface area contributed by atoms with E-state index in [1.165, 1.54) is 0 Å². The third-order valence-electron chi connectivity index (χ3n) is 3.18. The molecule has 0 radical (unpaired) electrons. The number of carboxylic acid groups (broad SMARTS) is 1. The first-order chi connectivity index (χ1) is 9.11. The molecule has 0 amide bonds. The molecule has 1 fully saturated rings. The van der Waals surface area contributed by atoms with Crippen molar-refractivity contribution in [2.45, 2.75) is 39.2 Å². The number of ether oxygens (including phenoxy) is 1. The third-order valence-corrected chi connectivity index (χ3v) is 3.18. The van der Waals surface area contributed by atoms with Crippen molar-refractivity contribution in [1.82, 2.24) is 9.97 Å². The third kappa shape index (κ3) is 3.13. The van der Waals surface area contributed by atoms with Crippen molar-refractivity contribution < 1.29 is 14.6 Å². The van der Waals surface area contributed by atoms with E-state index < -0.39 is 12.0 Å². The van der Waals surface area contributed by atoms with Crippen molar-refractivity contribution in [3.05, 3.63) is 11.9 Å². The van der Waals surface area contributed by atoms with Gasteiger partial charge in [-0.05, 0) is 33.1 Å². The lowest BCUT2D eigenvalue weighted by molar-refractivity contribution is -0.139. The van der Waals surface area contributed by atoms with Gasteiger partial charge in [0.2, 0.25) is 5.88 Å². The van der Waals surface area contributed by atoms with E-state index in [4.69, 9.17) is 4.74 Å². The molecule has 0 bridgehead atoms. The molecule has 0 aromatic carbocycles. The predicted octanol–water partition coefficient (Wildman–Crippen LogP) is 1.63. The van der Waals surface area contributed by atoms with Crippen molar-refractivity contribution in [3.63, 3.8) is 0 Å². The number of rotatable bonds is 4. The van der Waals surface area contributed by atoms with E-state index in [9.17, 15) is 9.90 Å². The molecule has 1 aromatic rings. The molecule has 1 N–H and O–H groups in total. The van der Waals surface area contributed by atoms with Crippen LogP contribution >= 0.6 is 0 Å². The highest BCUT2D eigenvalue weighted by atomic mass is 16.5. The number of anilines is 1. The van der Waals surface area contributed by atoms with Crippen LogP contribution in [0.5, 0.6) is 5.88 Å². The van der Waals surface area contributed by atoms with E-state index in [0.29, 0.717) is 37.1 Å². The molecule has 1 aliphatic rings. The smallest absolute Gasteiger partial charge is 0.326 e. The molecular weight excluding hydrogens is 246 g/mol. The summed E-state index contributed by atoms with van der Waals surface area (Å²) in [6.07, 6.45) is 2.58. The zero-order chi connectivity index (χ0) is 13.8. The maximum Gasteiger partial charge on any atom is 0.326 e. The zero-order valence-corrected chi connectivity index (χ0v) is 11.3. The first-order valence-corrected chi connectivity index (χ1v) is 6.59. The molecule has 19 heavy (non-hydrogen) atoms. The fraction of sp³-hybridized carbons (Fsp3) is 0.615. The lowest BCUT2D eigenvalue weighted by atomic mass is 10.0. The predicted molar refractivity (Wildman–Crippen MR) is 70.6 cm³/mol. The summed E-state index contributed by atoms with van der Waals surface area (Å²) in [5.41, 5.74) is 0. The number of hydrogen-bond donors (Lipinski definition) is 1. The lowest BCUT2D eigenvalue weighted by Gasteiger charge is -2.34. The normalized spacial score (nSPS) is 19.3. The van der Waals surface area contributed by atoms with Crippen molar-refractivity contribution >= 4 is 11.8 Å². The molecular formula is C13H19N3O3. The van der Waals surface area contributed by atoms with Crippen LogP contribution in [0.15, 0.2) is 6.07 Å². The van der Waals surface area contributed by atoms with E-state index in [0.717, 1.165) is 12.8 Å². The number of carboxylic acids is 1. The maximum absolute atomic E-state index is 11.3. The van der Waals surface area contributed by atoms with Gasteiger partial charge in [-0.3, -0.25) is 0 Å².